The lowest BCUT2D eigenvalue weighted by Crippen LogP contribution is -2.23. The van der Waals surface area contributed by atoms with Gasteiger partial charge in [-0.1, -0.05) is 0 Å². The summed E-state index contributed by atoms with van der Waals surface area (Å²) in [5.74, 6) is -1.12. The van der Waals surface area contributed by atoms with Crippen molar-refractivity contribution in [3.8, 4) is 17.2 Å². The molecule has 2 N–H and O–H groups in total. The minimum atomic E-state index is -1.75. The minimum Gasteiger partial charge on any atom is -0.493 e. The maximum Gasteiger partial charge on any atom is 0.332 e. The first-order valence-corrected chi connectivity index (χ1v) is 5.68. The van der Waals surface area contributed by atoms with Crippen LogP contribution in [-0.4, -0.2) is 49.4 Å². The Morgan fingerprint density at radius 2 is 1.60 bits per heavy atom. The molecule has 0 saturated carbocycles. The summed E-state index contributed by atoms with van der Waals surface area (Å²) in [6.45, 7) is 0. The van der Waals surface area contributed by atoms with E-state index in [0.29, 0.717) is 5.75 Å². The van der Waals surface area contributed by atoms with Crippen LogP contribution < -0.4 is 14.2 Å². The molecule has 0 saturated heterocycles. The summed E-state index contributed by atoms with van der Waals surface area (Å²) in [6.07, 6.45) is -2.28. The van der Waals surface area contributed by atoms with Crippen LogP contribution in [0.1, 0.15) is 16.8 Å². The fourth-order valence-corrected chi connectivity index (χ4v) is 1.62. The molecule has 20 heavy (non-hydrogen) atoms. The van der Waals surface area contributed by atoms with E-state index in [1.54, 1.807) is 0 Å². The summed E-state index contributed by atoms with van der Waals surface area (Å²) in [5.41, 5.74) is 0.166. The normalized spacial score (nSPS) is 11.6. The molecule has 7 heteroatoms. The van der Waals surface area contributed by atoms with Crippen LogP contribution in [0, 0.1) is 0 Å². The van der Waals surface area contributed by atoms with Gasteiger partial charge in [-0.15, -0.1) is 0 Å². The van der Waals surface area contributed by atoms with Crippen molar-refractivity contribution in [2.75, 3.05) is 21.3 Å². The van der Waals surface area contributed by atoms with Gasteiger partial charge in [0.25, 0.3) is 0 Å². The van der Waals surface area contributed by atoms with E-state index in [4.69, 9.17) is 19.3 Å². The Bertz CT molecular complexity index is 484. The van der Waals surface area contributed by atoms with Crippen molar-refractivity contribution in [3.05, 3.63) is 17.7 Å². The van der Waals surface area contributed by atoms with Gasteiger partial charge in [-0.25, -0.2) is 4.79 Å². The predicted octanol–water partition coefficient (Wildman–Crippen LogP) is 0.731. The van der Waals surface area contributed by atoms with Gasteiger partial charge in [0.2, 0.25) is 5.75 Å². The van der Waals surface area contributed by atoms with Crippen molar-refractivity contribution in [2.24, 2.45) is 0 Å². The van der Waals surface area contributed by atoms with E-state index >= 15 is 0 Å². The Morgan fingerprint density at radius 3 is 1.95 bits per heavy atom. The number of carbonyl (C=O) groups is 2. The lowest BCUT2D eigenvalue weighted by molar-refractivity contribution is -0.146. The van der Waals surface area contributed by atoms with E-state index in [1.165, 1.54) is 33.5 Å². The summed E-state index contributed by atoms with van der Waals surface area (Å²) in [5, 5.41) is 17.8. The molecule has 0 spiro atoms. The van der Waals surface area contributed by atoms with E-state index in [1.807, 2.05) is 0 Å². The van der Waals surface area contributed by atoms with Crippen LogP contribution in [0.2, 0.25) is 0 Å². The van der Waals surface area contributed by atoms with Crippen LogP contribution in [0.5, 0.6) is 17.2 Å². The fraction of sp³-hybridized carbons (Fsp3) is 0.385. The maximum atomic E-state index is 11.9. The average Bonchev–Trinajstić information content (AvgIpc) is 2.45. The lowest BCUT2D eigenvalue weighted by atomic mass is 10.0. The van der Waals surface area contributed by atoms with Gasteiger partial charge < -0.3 is 24.4 Å². The molecule has 0 aliphatic carbocycles. The molecule has 1 aromatic rings. The van der Waals surface area contributed by atoms with E-state index in [0.717, 1.165) is 0 Å². The zero-order valence-electron chi connectivity index (χ0n) is 11.4. The maximum absolute atomic E-state index is 11.9. The molecule has 0 heterocycles. The molecular formula is C13H16O7. The Balaban J connectivity index is 3.13. The number of ether oxygens (including phenoxy) is 3. The number of carbonyl (C=O) groups excluding carboxylic acids is 1. The first kappa shape index (κ1) is 15.8. The van der Waals surface area contributed by atoms with Crippen molar-refractivity contribution < 1.29 is 34.0 Å². The number of aliphatic carboxylic acids is 1. The van der Waals surface area contributed by atoms with Crippen molar-refractivity contribution in [1.29, 1.82) is 0 Å². The number of ketones is 1. The summed E-state index contributed by atoms with van der Waals surface area (Å²) in [4.78, 5) is 22.5. The fourth-order valence-electron chi connectivity index (χ4n) is 1.62. The molecule has 0 radical (unpaired) electrons. The SMILES string of the molecule is COc1cc(C(=O)CC(O)C(=O)O)cc(OC)c1OC. The molecule has 1 unspecified atom stereocenters. The van der Waals surface area contributed by atoms with Crippen molar-refractivity contribution in [2.45, 2.75) is 12.5 Å². The summed E-state index contributed by atoms with van der Waals surface area (Å²) < 4.78 is 15.3. The number of benzene rings is 1. The number of aliphatic hydroxyl groups is 1. The van der Waals surface area contributed by atoms with Crippen LogP contribution in [0.25, 0.3) is 0 Å². The molecule has 0 aliphatic heterocycles. The summed E-state index contributed by atoms with van der Waals surface area (Å²) >= 11 is 0. The van der Waals surface area contributed by atoms with Crippen molar-refractivity contribution in [1.82, 2.24) is 0 Å². The second-order valence-electron chi connectivity index (χ2n) is 3.90. The van der Waals surface area contributed by atoms with E-state index in [2.05, 4.69) is 0 Å². The molecule has 110 valence electrons. The smallest absolute Gasteiger partial charge is 0.332 e. The number of Topliss-reactive ketones (excluding diaryl/α,β-unsaturated/α-hetero) is 1. The Kier molecular flexibility index (Phi) is 5.33. The number of hydrogen-bond donors (Lipinski definition) is 2. The first-order chi connectivity index (χ1) is 9.44. The zero-order chi connectivity index (χ0) is 15.3. The van der Waals surface area contributed by atoms with Gasteiger partial charge in [0, 0.05) is 12.0 Å². The van der Waals surface area contributed by atoms with Gasteiger partial charge in [0.15, 0.2) is 23.4 Å². The quantitative estimate of drug-likeness (QED) is 0.711. The third-order valence-electron chi connectivity index (χ3n) is 2.65. The second-order valence-corrected chi connectivity index (χ2v) is 3.90. The second kappa shape index (κ2) is 6.76. The van der Waals surface area contributed by atoms with Gasteiger partial charge in [-0.2, -0.15) is 0 Å². The predicted molar refractivity (Wildman–Crippen MR) is 68.7 cm³/mol. The Hall–Kier alpha value is -2.28. The number of carboxylic acid groups (broad SMARTS) is 1. The van der Waals surface area contributed by atoms with Crippen LogP contribution in [-0.2, 0) is 4.79 Å². The molecule has 0 amide bonds. The highest BCUT2D eigenvalue weighted by atomic mass is 16.5. The molecule has 1 atom stereocenters. The molecule has 7 nitrogen and oxygen atoms in total. The lowest BCUT2D eigenvalue weighted by Gasteiger charge is -2.14. The number of hydrogen-bond acceptors (Lipinski definition) is 6. The highest BCUT2D eigenvalue weighted by molar-refractivity contribution is 5.99. The van der Waals surface area contributed by atoms with Crippen LogP contribution in [0.4, 0.5) is 0 Å². The van der Waals surface area contributed by atoms with E-state index in [9.17, 15) is 14.7 Å². The Labute approximate surface area is 115 Å². The zero-order valence-corrected chi connectivity index (χ0v) is 11.4. The molecule has 0 bridgehead atoms. The topological polar surface area (TPSA) is 102 Å². The molecular weight excluding hydrogens is 268 g/mol. The number of aliphatic hydroxyl groups excluding tert-OH is 1. The van der Waals surface area contributed by atoms with Crippen LogP contribution >= 0.6 is 0 Å². The number of rotatable bonds is 7. The van der Waals surface area contributed by atoms with Gasteiger partial charge in [0.05, 0.1) is 21.3 Å². The largest absolute Gasteiger partial charge is 0.493 e. The molecule has 0 aromatic heterocycles. The van der Waals surface area contributed by atoms with Crippen LogP contribution in [0.15, 0.2) is 12.1 Å². The van der Waals surface area contributed by atoms with Gasteiger partial charge in [0.1, 0.15) is 0 Å². The molecule has 0 fully saturated rings. The highest BCUT2D eigenvalue weighted by Crippen LogP contribution is 2.38. The highest BCUT2D eigenvalue weighted by Gasteiger charge is 2.22. The van der Waals surface area contributed by atoms with Crippen molar-refractivity contribution in [3.63, 3.8) is 0 Å². The third kappa shape index (κ3) is 3.39. The Morgan fingerprint density at radius 1 is 1.10 bits per heavy atom. The van der Waals surface area contributed by atoms with Gasteiger partial charge in [-0.3, -0.25) is 4.79 Å². The standard InChI is InChI=1S/C13H16O7/c1-18-10-4-7(5-11(19-2)12(10)20-3)8(14)6-9(15)13(16)17/h4-5,9,15H,6H2,1-3H3,(H,16,17). The van der Waals surface area contributed by atoms with Gasteiger partial charge >= 0.3 is 5.97 Å². The number of carboxylic acids is 1. The van der Waals surface area contributed by atoms with E-state index in [-0.39, 0.29) is 17.1 Å². The molecule has 1 aromatic carbocycles. The van der Waals surface area contributed by atoms with Gasteiger partial charge in [-0.05, 0) is 12.1 Å². The third-order valence-corrected chi connectivity index (χ3v) is 2.65. The first-order valence-electron chi connectivity index (χ1n) is 5.68. The summed E-state index contributed by atoms with van der Waals surface area (Å²) in [6, 6.07) is 2.80. The number of methoxy groups -OCH3 is 3. The van der Waals surface area contributed by atoms with E-state index < -0.39 is 24.3 Å². The minimum absolute atomic E-state index is 0.166. The monoisotopic (exact) mass is 284 g/mol. The van der Waals surface area contributed by atoms with Crippen molar-refractivity contribution >= 4 is 11.8 Å². The average molecular weight is 284 g/mol. The molecule has 1 rings (SSSR count). The van der Waals surface area contributed by atoms with Crippen LogP contribution in [0.3, 0.4) is 0 Å². The molecule has 0 aliphatic rings. The summed E-state index contributed by atoms with van der Waals surface area (Å²) in [7, 11) is 4.23.